The molecule has 1 aromatic carbocycles. The number of ether oxygens (including phenoxy) is 1. The summed E-state index contributed by atoms with van der Waals surface area (Å²) in [6, 6.07) is 5.21. The fourth-order valence-electron chi connectivity index (χ4n) is 3.78. The van der Waals surface area contributed by atoms with Crippen LogP contribution in [0, 0.1) is 0 Å². The summed E-state index contributed by atoms with van der Waals surface area (Å²) in [7, 11) is -1.89. The number of hydrogen-bond acceptors (Lipinski definition) is 4. The molecule has 0 saturated carbocycles. The Bertz CT molecular complexity index is 678. The van der Waals surface area contributed by atoms with Gasteiger partial charge in [0.15, 0.2) is 0 Å². The van der Waals surface area contributed by atoms with Crippen molar-refractivity contribution in [2.24, 2.45) is 0 Å². The minimum absolute atomic E-state index is 0.0256. The Morgan fingerprint density at radius 2 is 1.56 bits per heavy atom. The molecule has 2 aliphatic heterocycles. The fourth-order valence-corrected chi connectivity index (χ4v) is 6.34. The molecule has 2 saturated heterocycles. The van der Waals surface area contributed by atoms with Crippen LogP contribution < -0.4 is 0 Å². The van der Waals surface area contributed by atoms with Gasteiger partial charge in [0, 0.05) is 39.3 Å². The lowest BCUT2D eigenvalue weighted by atomic mass is 10.00. The predicted molar refractivity (Wildman–Crippen MR) is 99.8 cm³/mol. The maximum absolute atomic E-state index is 12.9. The third-order valence-corrected chi connectivity index (χ3v) is 8.12. The number of rotatable bonds is 4. The van der Waals surface area contributed by atoms with Gasteiger partial charge in [-0.3, -0.25) is 0 Å². The lowest BCUT2D eigenvalue weighted by Gasteiger charge is -2.41. The van der Waals surface area contributed by atoms with Crippen LogP contribution >= 0.6 is 23.2 Å². The van der Waals surface area contributed by atoms with E-state index >= 15 is 0 Å². The van der Waals surface area contributed by atoms with E-state index in [1.54, 1.807) is 25.3 Å². The van der Waals surface area contributed by atoms with Crippen molar-refractivity contribution in [2.45, 2.75) is 42.7 Å². The maximum atomic E-state index is 12.9. The monoisotopic (exact) mass is 406 g/mol. The highest BCUT2D eigenvalue weighted by atomic mass is 35.5. The van der Waals surface area contributed by atoms with E-state index in [2.05, 4.69) is 4.90 Å². The van der Waals surface area contributed by atoms with E-state index in [0.29, 0.717) is 25.2 Å². The van der Waals surface area contributed by atoms with Crippen LogP contribution in [-0.4, -0.2) is 63.1 Å². The molecule has 0 radical (unpaired) electrons. The fraction of sp³-hybridized carbons (Fsp3) is 0.647. The Labute approximate surface area is 159 Å². The first-order valence-corrected chi connectivity index (χ1v) is 10.8. The SMILES string of the molecule is COC1CCN(C2CCN(S(=O)(=O)c3c(Cl)cccc3Cl)CC2)CC1. The molecular weight excluding hydrogens is 383 g/mol. The highest BCUT2D eigenvalue weighted by Crippen LogP contribution is 2.33. The highest BCUT2D eigenvalue weighted by molar-refractivity contribution is 7.89. The summed E-state index contributed by atoms with van der Waals surface area (Å²) in [4.78, 5) is 2.50. The Balaban J connectivity index is 1.64. The van der Waals surface area contributed by atoms with Gasteiger partial charge in [0.05, 0.1) is 16.1 Å². The van der Waals surface area contributed by atoms with Crippen molar-refractivity contribution >= 4 is 33.2 Å². The van der Waals surface area contributed by atoms with Gasteiger partial charge in [-0.1, -0.05) is 29.3 Å². The van der Waals surface area contributed by atoms with Gasteiger partial charge in [-0.2, -0.15) is 4.31 Å². The number of piperidine rings is 2. The first-order valence-electron chi connectivity index (χ1n) is 8.64. The van der Waals surface area contributed by atoms with Gasteiger partial charge in [0.1, 0.15) is 4.90 Å². The van der Waals surface area contributed by atoms with E-state index in [1.807, 2.05) is 0 Å². The molecule has 0 atom stereocenters. The molecule has 3 rings (SSSR count). The zero-order chi connectivity index (χ0) is 18.0. The van der Waals surface area contributed by atoms with Crippen molar-refractivity contribution in [1.82, 2.24) is 9.21 Å². The van der Waals surface area contributed by atoms with Crippen LogP contribution in [0.15, 0.2) is 23.1 Å². The van der Waals surface area contributed by atoms with E-state index in [9.17, 15) is 8.42 Å². The van der Waals surface area contributed by atoms with Crippen LogP contribution in [0.2, 0.25) is 10.0 Å². The smallest absolute Gasteiger partial charge is 0.246 e. The van der Waals surface area contributed by atoms with Crippen LogP contribution in [0.1, 0.15) is 25.7 Å². The minimum atomic E-state index is -3.66. The second-order valence-electron chi connectivity index (χ2n) is 6.66. The van der Waals surface area contributed by atoms with Crippen molar-refractivity contribution in [1.29, 1.82) is 0 Å². The molecule has 2 aliphatic rings. The molecule has 0 spiro atoms. The summed E-state index contributed by atoms with van der Waals surface area (Å²) in [5.74, 6) is 0. The first-order chi connectivity index (χ1) is 11.9. The molecule has 5 nitrogen and oxygen atoms in total. The summed E-state index contributed by atoms with van der Waals surface area (Å²) >= 11 is 12.2. The van der Waals surface area contributed by atoms with Gasteiger partial charge in [0.25, 0.3) is 0 Å². The zero-order valence-electron chi connectivity index (χ0n) is 14.3. The number of halogens is 2. The quantitative estimate of drug-likeness (QED) is 0.769. The second-order valence-corrected chi connectivity index (χ2v) is 9.35. The molecular formula is C17H24Cl2N2O3S. The van der Waals surface area contributed by atoms with Crippen molar-refractivity contribution in [3.63, 3.8) is 0 Å². The maximum Gasteiger partial charge on any atom is 0.246 e. The Morgan fingerprint density at radius 3 is 2.08 bits per heavy atom. The molecule has 0 bridgehead atoms. The Morgan fingerprint density at radius 1 is 1.00 bits per heavy atom. The Kier molecular flexibility index (Phi) is 6.29. The molecule has 2 fully saturated rings. The summed E-state index contributed by atoms with van der Waals surface area (Å²) in [6.07, 6.45) is 4.12. The molecule has 1 aromatic rings. The van der Waals surface area contributed by atoms with Gasteiger partial charge >= 0.3 is 0 Å². The normalized spacial score (nSPS) is 22.4. The molecule has 0 aromatic heterocycles. The Hall–Kier alpha value is -0.370. The summed E-state index contributed by atoms with van der Waals surface area (Å²) < 4.78 is 32.8. The average Bonchev–Trinajstić information content (AvgIpc) is 2.61. The van der Waals surface area contributed by atoms with Crippen LogP contribution in [-0.2, 0) is 14.8 Å². The minimum Gasteiger partial charge on any atom is -0.381 e. The molecule has 140 valence electrons. The molecule has 0 amide bonds. The number of benzene rings is 1. The van der Waals surface area contributed by atoms with Crippen LogP contribution in [0.4, 0.5) is 0 Å². The van der Waals surface area contributed by atoms with Crippen molar-refractivity contribution in [3.05, 3.63) is 28.2 Å². The van der Waals surface area contributed by atoms with Gasteiger partial charge in [-0.05, 0) is 37.8 Å². The third kappa shape index (κ3) is 4.15. The van der Waals surface area contributed by atoms with Gasteiger partial charge in [-0.15, -0.1) is 0 Å². The topological polar surface area (TPSA) is 49.9 Å². The summed E-state index contributed by atoms with van der Waals surface area (Å²) in [6.45, 7) is 3.04. The van der Waals surface area contributed by atoms with E-state index in [4.69, 9.17) is 27.9 Å². The number of methoxy groups -OCH3 is 1. The second kappa shape index (κ2) is 8.11. The summed E-state index contributed by atoms with van der Waals surface area (Å²) in [5, 5.41) is 0.354. The van der Waals surface area contributed by atoms with Crippen molar-refractivity contribution < 1.29 is 13.2 Å². The van der Waals surface area contributed by atoms with E-state index in [1.165, 1.54) is 4.31 Å². The number of sulfonamides is 1. The van der Waals surface area contributed by atoms with Gasteiger partial charge in [-0.25, -0.2) is 8.42 Å². The number of likely N-dealkylation sites (tertiary alicyclic amines) is 1. The molecule has 0 N–H and O–H groups in total. The summed E-state index contributed by atoms with van der Waals surface area (Å²) in [5.41, 5.74) is 0. The van der Waals surface area contributed by atoms with E-state index in [-0.39, 0.29) is 14.9 Å². The predicted octanol–water partition coefficient (Wildman–Crippen LogP) is 3.26. The largest absolute Gasteiger partial charge is 0.381 e. The number of nitrogens with zero attached hydrogens (tertiary/aromatic N) is 2. The van der Waals surface area contributed by atoms with E-state index < -0.39 is 10.0 Å². The van der Waals surface area contributed by atoms with Crippen LogP contribution in [0.5, 0.6) is 0 Å². The molecule has 25 heavy (non-hydrogen) atoms. The van der Waals surface area contributed by atoms with Crippen LogP contribution in [0.3, 0.4) is 0 Å². The molecule has 0 aliphatic carbocycles. The zero-order valence-corrected chi connectivity index (χ0v) is 16.7. The number of hydrogen-bond donors (Lipinski definition) is 0. The van der Waals surface area contributed by atoms with Crippen LogP contribution in [0.25, 0.3) is 0 Å². The lowest BCUT2D eigenvalue weighted by molar-refractivity contribution is 0.0190. The molecule has 0 unspecified atom stereocenters. The third-order valence-electron chi connectivity index (χ3n) is 5.27. The first kappa shape index (κ1) is 19.4. The molecule has 2 heterocycles. The van der Waals surface area contributed by atoms with Crippen molar-refractivity contribution in [2.75, 3.05) is 33.3 Å². The average molecular weight is 407 g/mol. The van der Waals surface area contributed by atoms with Crippen molar-refractivity contribution in [3.8, 4) is 0 Å². The van der Waals surface area contributed by atoms with Gasteiger partial charge in [0.2, 0.25) is 10.0 Å². The van der Waals surface area contributed by atoms with E-state index in [0.717, 1.165) is 38.8 Å². The standard InChI is InChI=1S/C17H24Cl2N2O3S/c1-24-14-7-9-20(10-8-14)13-5-11-21(12-6-13)25(22,23)17-15(18)3-2-4-16(17)19/h2-4,13-14H,5-12H2,1H3. The highest BCUT2D eigenvalue weighted by Gasteiger charge is 2.34. The molecule has 8 heteroatoms. The lowest BCUT2D eigenvalue weighted by Crippen LogP contribution is -2.49. The van der Waals surface area contributed by atoms with Gasteiger partial charge < -0.3 is 9.64 Å².